The zero-order valence-corrected chi connectivity index (χ0v) is 36.2. The fraction of sp³-hybridized carbons (Fsp3) is 0.440. The summed E-state index contributed by atoms with van der Waals surface area (Å²) < 4.78 is 44.5. The number of ether oxygens (including phenoxy) is 7. The van der Waals surface area contributed by atoms with Gasteiger partial charge in [-0.1, -0.05) is 129 Å². The van der Waals surface area contributed by atoms with Gasteiger partial charge < -0.3 is 38.3 Å². The highest BCUT2D eigenvalue weighted by molar-refractivity contribution is 5.90. The Labute approximate surface area is 377 Å². The fourth-order valence-electron chi connectivity index (χ4n) is 8.76. The molecule has 342 valence electrons. The maximum absolute atomic E-state index is 14.4. The first-order chi connectivity index (χ1) is 31.7. The molecule has 0 radical (unpaired) electrons. The van der Waals surface area contributed by atoms with Crippen LogP contribution in [0.1, 0.15) is 94.9 Å². The first kappa shape index (κ1) is 46.9. The van der Waals surface area contributed by atoms with Crippen LogP contribution in [-0.4, -0.2) is 90.7 Å². The van der Waals surface area contributed by atoms with Crippen molar-refractivity contribution >= 4 is 23.9 Å². The number of esters is 4. The average molecular weight is 890 g/mol. The number of aliphatic hydroxyl groups excluding tert-OH is 1. The topological polar surface area (TPSA) is 202 Å². The van der Waals surface area contributed by atoms with E-state index in [1.54, 1.807) is 91.0 Å². The molecule has 1 saturated heterocycles. The van der Waals surface area contributed by atoms with Crippen molar-refractivity contribution in [3.63, 3.8) is 0 Å². The lowest BCUT2D eigenvalue weighted by atomic mass is 9.83. The molecular formula is C50H55N3O12. The van der Waals surface area contributed by atoms with E-state index >= 15 is 0 Å². The molecule has 7 rings (SSSR count). The number of hydrogen-bond donors (Lipinski definition) is 1. The second-order valence-electron chi connectivity index (χ2n) is 16.9. The molecule has 1 aliphatic heterocycles. The number of azide groups is 1. The van der Waals surface area contributed by atoms with Crippen molar-refractivity contribution in [2.24, 2.45) is 17.0 Å². The summed E-state index contributed by atoms with van der Waals surface area (Å²) in [6.45, 7) is 1.35. The Morgan fingerprint density at radius 2 is 1.28 bits per heavy atom. The van der Waals surface area contributed by atoms with Crippen LogP contribution in [0.4, 0.5) is 0 Å². The summed E-state index contributed by atoms with van der Waals surface area (Å²) in [4.78, 5) is 59.2. The minimum Gasteiger partial charge on any atom is -0.459 e. The van der Waals surface area contributed by atoms with Crippen molar-refractivity contribution in [2.75, 3.05) is 6.61 Å². The summed E-state index contributed by atoms with van der Waals surface area (Å²) >= 11 is 0. The van der Waals surface area contributed by atoms with E-state index in [1.807, 2.05) is 37.3 Å². The first-order valence-electron chi connectivity index (χ1n) is 22.3. The van der Waals surface area contributed by atoms with Gasteiger partial charge in [0.05, 0.1) is 34.9 Å². The molecule has 1 heterocycles. The Hall–Kier alpha value is -6.09. The Morgan fingerprint density at radius 3 is 1.86 bits per heavy atom. The summed E-state index contributed by atoms with van der Waals surface area (Å²) in [5, 5.41) is 15.4. The van der Waals surface area contributed by atoms with Crippen LogP contribution in [0.3, 0.4) is 0 Å². The number of rotatable bonds is 17. The zero-order chi connectivity index (χ0) is 45.5. The molecule has 3 aliphatic rings. The van der Waals surface area contributed by atoms with E-state index in [0.717, 1.165) is 37.7 Å². The normalized spacial score (nSPS) is 26.1. The smallest absolute Gasteiger partial charge is 0.338 e. The molecule has 2 saturated carbocycles. The van der Waals surface area contributed by atoms with Crippen LogP contribution in [0, 0.1) is 11.8 Å². The van der Waals surface area contributed by atoms with Crippen molar-refractivity contribution in [1.29, 1.82) is 0 Å². The van der Waals surface area contributed by atoms with E-state index in [2.05, 4.69) is 10.0 Å². The molecule has 0 spiro atoms. The summed E-state index contributed by atoms with van der Waals surface area (Å²) in [6.07, 6.45) is -5.60. The van der Waals surface area contributed by atoms with Gasteiger partial charge in [0.2, 0.25) is 0 Å². The standard InChI is InChI=1S/C50H55N3O12/c1-32-27-38(52-53-51)42(54)39(28-32)62-50-45(65-48(57)37-25-15-6-16-26-37)44(61-40(29-33-17-7-2-8-18-33)49(58)59-30-34-19-9-3-10-20-34)43(64-47(56)36-23-13-5-14-24-36)41(63-50)31-60-46(55)35-21-11-4-12-22-35/h3-6,9-16,19-26,32-33,38-45,50,54H,2,7-8,17-18,27-31H2,1H3/t32?,38?,39?,40-,41?,42?,43?,44?,45?,50?/m0/s1. The van der Waals surface area contributed by atoms with Gasteiger partial charge in [0.1, 0.15) is 25.4 Å². The Balaban J connectivity index is 1.32. The minimum absolute atomic E-state index is 0.0509. The van der Waals surface area contributed by atoms with Crippen molar-refractivity contribution < 1.29 is 57.4 Å². The highest BCUT2D eigenvalue weighted by atomic mass is 16.7. The monoisotopic (exact) mass is 889 g/mol. The van der Waals surface area contributed by atoms with Crippen molar-refractivity contribution in [3.8, 4) is 0 Å². The predicted molar refractivity (Wildman–Crippen MR) is 235 cm³/mol. The van der Waals surface area contributed by atoms with Gasteiger partial charge in [-0.25, -0.2) is 19.2 Å². The quantitative estimate of drug-likeness (QED) is 0.0350. The number of nitrogens with zero attached hydrogens (tertiary/aromatic N) is 3. The lowest BCUT2D eigenvalue weighted by molar-refractivity contribution is -0.327. The molecule has 65 heavy (non-hydrogen) atoms. The summed E-state index contributed by atoms with van der Waals surface area (Å²) in [5.41, 5.74) is 10.7. The number of benzene rings is 4. The number of hydrogen-bond acceptors (Lipinski definition) is 13. The maximum Gasteiger partial charge on any atom is 0.338 e. The van der Waals surface area contributed by atoms with Crippen molar-refractivity contribution in [1.82, 2.24) is 0 Å². The molecule has 10 atom stereocenters. The molecular weight excluding hydrogens is 835 g/mol. The van der Waals surface area contributed by atoms with Gasteiger partial charge in [0.15, 0.2) is 24.6 Å². The molecule has 4 aromatic rings. The molecule has 0 amide bonds. The fourth-order valence-corrected chi connectivity index (χ4v) is 8.76. The van der Waals surface area contributed by atoms with Crippen LogP contribution < -0.4 is 0 Å². The molecule has 9 unspecified atom stereocenters. The van der Waals surface area contributed by atoms with Gasteiger partial charge in [0.25, 0.3) is 0 Å². The average Bonchev–Trinajstić information content (AvgIpc) is 3.34. The van der Waals surface area contributed by atoms with Crippen LogP contribution in [0.25, 0.3) is 10.4 Å². The summed E-state index contributed by atoms with van der Waals surface area (Å²) in [6, 6.07) is 33.0. The van der Waals surface area contributed by atoms with E-state index in [4.69, 9.17) is 33.2 Å². The van der Waals surface area contributed by atoms with Gasteiger partial charge in [-0.05, 0) is 78.6 Å². The second-order valence-corrected chi connectivity index (χ2v) is 16.9. The van der Waals surface area contributed by atoms with E-state index < -0.39 is 85.5 Å². The minimum atomic E-state index is -1.59. The zero-order valence-electron chi connectivity index (χ0n) is 36.2. The van der Waals surface area contributed by atoms with E-state index in [9.17, 15) is 29.8 Å². The van der Waals surface area contributed by atoms with Gasteiger partial charge >= 0.3 is 23.9 Å². The van der Waals surface area contributed by atoms with Crippen LogP contribution in [0.15, 0.2) is 126 Å². The molecule has 0 bridgehead atoms. The van der Waals surface area contributed by atoms with E-state index in [0.29, 0.717) is 12.8 Å². The number of carbonyl (C=O) groups is 4. The maximum atomic E-state index is 14.4. The molecule has 3 fully saturated rings. The number of aliphatic hydroxyl groups is 1. The lowest BCUT2D eigenvalue weighted by Gasteiger charge is -2.47. The lowest BCUT2D eigenvalue weighted by Crippen LogP contribution is -2.64. The molecule has 15 heteroatoms. The third-order valence-electron chi connectivity index (χ3n) is 12.1. The van der Waals surface area contributed by atoms with Gasteiger partial charge in [-0.15, -0.1) is 0 Å². The summed E-state index contributed by atoms with van der Waals surface area (Å²) in [5.74, 6) is -3.03. The Kier molecular flexibility index (Phi) is 16.7. The van der Waals surface area contributed by atoms with Crippen LogP contribution in [-0.2, 0) is 44.6 Å². The van der Waals surface area contributed by atoms with E-state index in [1.165, 1.54) is 0 Å². The summed E-state index contributed by atoms with van der Waals surface area (Å²) in [7, 11) is 0. The molecule has 15 nitrogen and oxygen atoms in total. The highest BCUT2D eigenvalue weighted by Crippen LogP contribution is 2.37. The van der Waals surface area contributed by atoms with Crippen LogP contribution in [0.2, 0.25) is 0 Å². The van der Waals surface area contributed by atoms with Crippen LogP contribution in [0.5, 0.6) is 0 Å². The second kappa shape index (κ2) is 23.2. The van der Waals surface area contributed by atoms with Gasteiger partial charge in [-0.3, -0.25) is 0 Å². The van der Waals surface area contributed by atoms with E-state index in [-0.39, 0.29) is 41.6 Å². The molecule has 0 aromatic heterocycles. The van der Waals surface area contributed by atoms with Crippen LogP contribution >= 0.6 is 0 Å². The third-order valence-corrected chi connectivity index (χ3v) is 12.1. The van der Waals surface area contributed by atoms with Gasteiger partial charge in [0, 0.05) is 4.91 Å². The van der Waals surface area contributed by atoms with Gasteiger partial charge in [-0.2, -0.15) is 0 Å². The largest absolute Gasteiger partial charge is 0.459 e. The number of carbonyl (C=O) groups excluding carboxylic acids is 4. The predicted octanol–water partition coefficient (Wildman–Crippen LogP) is 8.34. The van der Waals surface area contributed by atoms with Crippen molar-refractivity contribution in [2.45, 2.75) is 120 Å². The highest BCUT2D eigenvalue weighted by Gasteiger charge is 2.55. The Morgan fingerprint density at radius 1 is 0.723 bits per heavy atom. The SMILES string of the molecule is CC1CC(N=[N+]=[N-])C(O)C(OC2OC(COC(=O)c3ccccc3)C(OC(=O)c3ccccc3)C(O[C@@H](CC3CCCCC3)C(=O)OCc3ccccc3)C2OC(=O)c2ccccc2)C1. The third kappa shape index (κ3) is 12.8. The Bertz CT molecular complexity index is 2210. The van der Waals surface area contributed by atoms with Crippen molar-refractivity contribution in [3.05, 3.63) is 154 Å². The first-order valence-corrected chi connectivity index (χ1v) is 22.3. The molecule has 1 N–H and O–H groups in total. The molecule has 2 aliphatic carbocycles. The molecule has 4 aromatic carbocycles.